The Kier molecular flexibility index (Phi) is 5.34. The minimum Gasteiger partial charge on any atom is -0.337 e. The number of hydrogen-bond acceptors (Lipinski definition) is 1. The zero-order valence-corrected chi connectivity index (χ0v) is 13.6. The van der Waals surface area contributed by atoms with Crippen LogP contribution < -0.4 is 5.32 Å². The molecule has 2 amide bonds. The van der Waals surface area contributed by atoms with Gasteiger partial charge in [0.25, 0.3) is 0 Å². The van der Waals surface area contributed by atoms with E-state index in [1.54, 1.807) is 0 Å². The zero-order valence-electron chi connectivity index (χ0n) is 13.6. The van der Waals surface area contributed by atoms with Crippen LogP contribution in [-0.4, -0.2) is 30.6 Å². The highest BCUT2D eigenvalue weighted by Gasteiger charge is 2.35. The number of amides is 2. The molecule has 2 fully saturated rings. The molecule has 1 N–H and O–H groups in total. The average Bonchev–Trinajstić information content (AvgIpc) is 2.84. The van der Waals surface area contributed by atoms with Crippen LogP contribution in [0.5, 0.6) is 0 Å². The summed E-state index contributed by atoms with van der Waals surface area (Å²) in [4.78, 5) is 14.4. The molecule has 3 heteroatoms. The summed E-state index contributed by atoms with van der Waals surface area (Å²) in [7, 11) is 0. The molecule has 0 aromatic carbocycles. The van der Waals surface area contributed by atoms with Gasteiger partial charge in [-0.15, -0.1) is 0 Å². The number of urea groups is 1. The second kappa shape index (κ2) is 6.82. The molecule has 1 saturated heterocycles. The van der Waals surface area contributed by atoms with Crippen molar-refractivity contribution in [2.75, 3.05) is 19.6 Å². The molecule has 1 saturated carbocycles. The second-order valence-corrected chi connectivity index (χ2v) is 7.66. The Morgan fingerprint density at radius 2 is 2.00 bits per heavy atom. The topological polar surface area (TPSA) is 32.3 Å². The molecular formula is C17H32N2O. The van der Waals surface area contributed by atoms with E-state index < -0.39 is 0 Å². The summed E-state index contributed by atoms with van der Waals surface area (Å²) in [6.07, 6.45) is 8.94. The summed E-state index contributed by atoms with van der Waals surface area (Å²) >= 11 is 0. The standard InChI is InChI=1S/C17H32N2O/c1-14(2)11-17(8-4-5-9-17)13-18-16(20)19-10-6-7-15(3)12-19/h14-15H,4-13H2,1-3H3,(H,18,20). The van der Waals surface area contributed by atoms with Crippen molar-refractivity contribution in [1.82, 2.24) is 10.2 Å². The fourth-order valence-electron chi connectivity index (χ4n) is 4.19. The van der Waals surface area contributed by atoms with Gasteiger partial charge >= 0.3 is 6.03 Å². The van der Waals surface area contributed by atoms with Crippen LogP contribution in [-0.2, 0) is 0 Å². The van der Waals surface area contributed by atoms with E-state index in [9.17, 15) is 4.79 Å². The lowest BCUT2D eigenvalue weighted by atomic mass is 9.78. The van der Waals surface area contributed by atoms with Gasteiger partial charge in [-0.05, 0) is 49.4 Å². The van der Waals surface area contributed by atoms with E-state index in [0.717, 1.165) is 32.0 Å². The Morgan fingerprint density at radius 1 is 1.30 bits per heavy atom. The van der Waals surface area contributed by atoms with Crippen molar-refractivity contribution in [2.24, 2.45) is 17.3 Å². The molecule has 2 rings (SSSR count). The van der Waals surface area contributed by atoms with Gasteiger partial charge in [-0.2, -0.15) is 0 Å². The first kappa shape index (κ1) is 15.7. The first-order chi connectivity index (χ1) is 9.51. The summed E-state index contributed by atoms with van der Waals surface area (Å²) < 4.78 is 0. The molecule has 0 bridgehead atoms. The second-order valence-electron chi connectivity index (χ2n) is 7.66. The molecule has 1 heterocycles. The quantitative estimate of drug-likeness (QED) is 0.828. The first-order valence-corrected chi connectivity index (χ1v) is 8.53. The molecule has 3 nitrogen and oxygen atoms in total. The van der Waals surface area contributed by atoms with Gasteiger partial charge in [0.15, 0.2) is 0 Å². The van der Waals surface area contributed by atoms with Crippen LogP contribution in [0.25, 0.3) is 0 Å². The van der Waals surface area contributed by atoms with Crippen LogP contribution in [0, 0.1) is 17.3 Å². The van der Waals surface area contributed by atoms with E-state index in [4.69, 9.17) is 0 Å². The number of piperidine rings is 1. The van der Waals surface area contributed by atoms with Crippen molar-refractivity contribution in [2.45, 2.75) is 65.7 Å². The SMILES string of the molecule is CC(C)CC1(CNC(=O)N2CCCC(C)C2)CCCC1. The van der Waals surface area contributed by atoms with Crippen molar-refractivity contribution < 1.29 is 4.79 Å². The van der Waals surface area contributed by atoms with Gasteiger partial charge in [0, 0.05) is 19.6 Å². The first-order valence-electron chi connectivity index (χ1n) is 8.53. The van der Waals surface area contributed by atoms with E-state index in [2.05, 4.69) is 26.1 Å². The normalized spacial score (nSPS) is 26.0. The van der Waals surface area contributed by atoms with E-state index in [-0.39, 0.29) is 6.03 Å². The summed E-state index contributed by atoms with van der Waals surface area (Å²) in [5, 5.41) is 3.25. The highest BCUT2D eigenvalue weighted by atomic mass is 16.2. The van der Waals surface area contributed by atoms with Gasteiger partial charge in [-0.25, -0.2) is 4.79 Å². The Balaban J connectivity index is 1.84. The van der Waals surface area contributed by atoms with Crippen molar-refractivity contribution in [3.63, 3.8) is 0 Å². The summed E-state index contributed by atoms with van der Waals surface area (Å²) in [5.41, 5.74) is 0.380. The van der Waals surface area contributed by atoms with E-state index >= 15 is 0 Å². The van der Waals surface area contributed by atoms with E-state index in [1.165, 1.54) is 38.5 Å². The maximum Gasteiger partial charge on any atom is 0.317 e. The summed E-state index contributed by atoms with van der Waals surface area (Å²) in [6, 6.07) is 0.173. The largest absolute Gasteiger partial charge is 0.337 e. The van der Waals surface area contributed by atoms with Gasteiger partial charge in [0.2, 0.25) is 0 Å². The number of likely N-dealkylation sites (tertiary alicyclic amines) is 1. The van der Waals surface area contributed by atoms with E-state index in [1.807, 2.05) is 4.90 Å². The molecule has 1 aliphatic heterocycles. The van der Waals surface area contributed by atoms with Crippen molar-refractivity contribution in [3.05, 3.63) is 0 Å². The molecule has 0 spiro atoms. The third-order valence-electron chi connectivity index (χ3n) is 5.06. The molecule has 116 valence electrons. The highest BCUT2D eigenvalue weighted by Crippen LogP contribution is 2.42. The Hall–Kier alpha value is -0.730. The minimum absolute atomic E-state index is 0.173. The van der Waals surface area contributed by atoms with Gasteiger partial charge in [0.1, 0.15) is 0 Å². The van der Waals surface area contributed by atoms with Gasteiger partial charge < -0.3 is 10.2 Å². The minimum atomic E-state index is 0.173. The predicted octanol–water partition coefficient (Wildman–Crippen LogP) is 4.03. The monoisotopic (exact) mass is 280 g/mol. The molecule has 0 aromatic rings. The molecule has 2 aliphatic rings. The van der Waals surface area contributed by atoms with Gasteiger partial charge in [-0.3, -0.25) is 0 Å². The smallest absolute Gasteiger partial charge is 0.317 e. The lowest BCUT2D eigenvalue weighted by molar-refractivity contribution is 0.158. The Morgan fingerprint density at radius 3 is 2.60 bits per heavy atom. The van der Waals surface area contributed by atoms with Crippen LogP contribution in [0.2, 0.25) is 0 Å². The molecule has 1 atom stereocenters. The maximum atomic E-state index is 12.3. The van der Waals surface area contributed by atoms with Crippen molar-refractivity contribution in [3.8, 4) is 0 Å². The number of carbonyl (C=O) groups is 1. The number of hydrogen-bond donors (Lipinski definition) is 1. The molecule has 1 unspecified atom stereocenters. The fourth-order valence-corrected chi connectivity index (χ4v) is 4.19. The average molecular weight is 280 g/mol. The molecule has 1 aliphatic carbocycles. The van der Waals surface area contributed by atoms with Crippen LogP contribution >= 0.6 is 0 Å². The molecule has 20 heavy (non-hydrogen) atoms. The van der Waals surface area contributed by atoms with Crippen LogP contribution in [0.1, 0.15) is 65.7 Å². The van der Waals surface area contributed by atoms with E-state index in [0.29, 0.717) is 11.3 Å². The third kappa shape index (κ3) is 4.13. The zero-order chi connectivity index (χ0) is 14.6. The number of nitrogens with one attached hydrogen (secondary N) is 1. The highest BCUT2D eigenvalue weighted by molar-refractivity contribution is 5.74. The fraction of sp³-hybridized carbons (Fsp3) is 0.941. The van der Waals surface area contributed by atoms with Gasteiger partial charge in [0.05, 0.1) is 0 Å². The van der Waals surface area contributed by atoms with Crippen molar-refractivity contribution >= 4 is 6.03 Å². The third-order valence-corrected chi connectivity index (χ3v) is 5.06. The number of carbonyl (C=O) groups excluding carboxylic acids is 1. The molecular weight excluding hydrogens is 248 g/mol. The number of nitrogens with zero attached hydrogens (tertiary/aromatic N) is 1. The Labute approximate surface area is 124 Å². The lowest BCUT2D eigenvalue weighted by Crippen LogP contribution is -2.47. The summed E-state index contributed by atoms with van der Waals surface area (Å²) in [6.45, 7) is 9.60. The van der Waals surface area contributed by atoms with Gasteiger partial charge in [-0.1, -0.05) is 33.6 Å². The van der Waals surface area contributed by atoms with Crippen LogP contribution in [0.4, 0.5) is 4.79 Å². The van der Waals surface area contributed by atoms with Crippen LogP contribution in [0.3, 0.4) is 0 Å². The Bertz CT molecular complexity index is 321. The predicted molar refractivity (Wildman–Crippen MR) is 83.7 cm³/mol. The van der Waals surface area contributed by atoms with Crippen molar-refractivity contribution in [1.29, 1.82) is 0 Å². The molecule has 0 aromatic heterocycles. The van der Waals surface area contributed by atoms with Crippen LogP contribution in [0.15, 0.2) is 0 Å². The molecule has 0 radical (unpaired) electrons. The summed E-state index contributed by atoms with van der Waals surface area (Å²) in [5.74, 6) is 1.38. The number of rotatable bonds is 4. The maximum absolute atomic E-state index is 12.3. The lowest BCUT2D eigenvalue weighted by Gasteiger charge is -2.34.